The van der Waals surface area contributed by atoms with Gasteiger partial charge < -0.3 is 9.73 Å². The maximum atomic E-state index is 5.35. The van der Waals surface area contributed by atoms with Crippen molar-refractivity contribution in [2.45, 2.75) is 46.2 Å². The first-order valence-corrected chi connectivity index (χ1v) is 6.82. The molecule has 0 saturated carbocycles. The normalized spacial score (nSPS) is 12.8. The Balaban J connectivity index is 1.81. The Morgan fingerprint density at radius 1 is 1.42 bits per heavy atom. The van der Waals surface area contributed by atoms with Gasteiger partial charge in [-0.05, 0) is 39.3 Å². The fourth-order valence-corrected chi connectivity index (χ4v) is 2.27. The highest BCUT2D eigenvalue weighted by Gasteiger charge is 2.10. The highest BCUT2D eigenvalue weighted by atomic mass is 16.3. The molecule has 4 nitrogen and oxygen atoms in total. The highest BCUT2D eigenvalue weighted by Crippen LogP contribution is 2.12. The summed E-state index contributed by atoms with van der Waals surface area (Å²) in [6, 6.07) is 4.43. The monoisotopic (exact) mass is 261 g/mol. The average molecular weight is 261 g/mol. The van der Waals surface area contributed by atoms with Crippen LogP contribution < -0.4 is 5.32 Å². The zero-order valence-corrected chi connectivity index (χ0v) is 12.2. The van der Waals surface area contributed by atoms with E-state index in [1.807, 2.05) is 23.9 Å². The van der Waals surface area contributed by atoms with Gasteiger partial charge in [-0.15, -0.1) is 0 Å². The summed E-state index contributed by atoms with van der Waals surface area (Å²) in [5, 5.41) is 8.00. The molecule has 0 spiro atoms. The third kappa shape index (κ3) is 3.47. The maximum absolute atomic E-state index is 5.35. The summed E-state index contributed by atoms with van der Waals surface area (Å²) in [7, 11) is 1.99. The number of aromatic nitrogens is 2. The van der Waals surface area contributed by atoms with Gasteiger partial charge in [0, 0.05) is 37.3 Å². The Labute approximate surface area is 114 Å². The Bertz CT molecular complexity index is 514. The van der Waals surface area contributed by atoms with Crippen LogP contribution in [-0.4, -0.2) is 15.8 Å². The van der Waals surface area contributed by atoms with Gasteiger partial charge in [-0.2, -0.15) is 5.10 Å². The van der Waals surface area contributed by atoms with Crippen molar-refractivity contribution >= 4 is 0 Å². The first kappa shape index (κ1) is 13.9. The van der Waals surface area contributed by atoms with E-state index in [1.54, 1.807) is 6.26 Å². The molecule has 0 aliphatic carbocycles. The van der Waals surface area contributed by atoms with E-state index in [2.05, 4.69) is 31.2 Å². The van der Waals surface area contributed by atoms with Gasteiger partial charge in [-0.1, -0.05) is 0 Å². The number of rotatable bonds is 6. The first-order valence-electron chi connectivity index (χ1n) is 6.82. The van der Waals surface area contributed by atoms with Crippen LogP contribution in [0.5, 0.6) is 0 Å². The molecular formula is C15H23N3O. The Hall–Kier alpha value is -1.55. The minimum atomic E-state index is 0.462. The van der Waals surface area contributed by atoms with Crippen molar-refractivity contribution in [2.24, 2.45) is 7.05 Å². The number of aryl methyl sites for hydroxylation is 3. The van der Waals surface area contributed by atoms with Crippen LogP contribution in [0.3, 0.4) is 0 Å². The summed E-state index contributed by atoms with van der Waals surface area (Å²) in [6.45, 7) is 7.27. The lowest BCUT2D eigenvalue weighted by atomic mass is 10.1. The first-order chi connectivity index (χ1) is 9.08. The molecule has 2 aromatic rings. The molecule has 2 heterocycles. The van der Waals surface area contributed by atoms with Crippen molar-refractivity contribution in [1.82, 2.24) is 15.1 Å². The Morgan fingerprint density at radius 2 is 2.21 bits per heavy atom. The summed E-state index contributed by atoms with van der Waals surface area (Å²) >= 11 is 0. The van der Waals surface area contributed by atoms with Crippen molar-refractivity contribution in [3.63, 3.8) is 0 Å². The number of hydrogen-bond acceptors (Lipinski definition) is 3. The van der Waals surface area contributed by atoms with Gasteiger partial charge in [0.05, 0.1) is 12.0 Å². The number of hydrogen-bond donors (Lipinski definition) is 1. The Morgan fingerprint density at radius 3 is 2.79 bits per heavy atom. The van der Waals surface area contributed by atoms with Crippen LogP contribution in [0.1, 0.15) is 36.1 Å². The Kier molecular flexibility index (Phi) is 4.43. The molecule has 0 amide bonds. The van der Waals surface area contributed by atoms with E-state index in [0.717, 1.165) is 30.8 Å². The van der Waals surface area contributed by atoms with E-state index in [-0.39, 0.29) is 0 Å². The average Bonchev–Trinajstić information content (AvgIpc) is 2.96. The molecule has 0 aliphatic heterocycles. The third-order valence-electron chi connectivity index (χ3n) is 3.69. The molecule has 0 saturated heterocycles. The lowest BCUT2D eigenvalue weighted by Gasteiger charge is -2.13. The number of nitrogens with one attached hydrogen (secondary N) is 1. The van der Waals surface area contributed by atoms with Crippen LogP contribution in [0.25, 0.3) is 0 Å². The lowest BCUT2D eigenvalue weighted by Crippen LogP contribution is -2.26. The van der Waals surface area contributed by atoms with Crippen LogP contribution in [-0.2, 0) is 20.0 Å². The van der Waals surface area contributed by atoms with Crippen molar-refractivity contribution < 1.29 is 4.42 Å². The minimum Gasteiger partial charge on any atom is -0.469 e. The zero-order chi connectivity index (χ0) is 13.8. The SMILES string of the molecule is Cc1nn(C)c(C)c1CNC(C)CCc1ccco1. The highest BCUT2D eigenvalue weighted by molar-refractivity contribution is 5.24. The van der Waals surface area contributed by atoms with Gasteiger partial charge in [0.25, 0.3) is 0 Å². The van der Waals surface area contributed by atoms with Crippen LogP contribution in [0.4, 0.5) is 0 Å². The van der Waals surface area contributed by atoms with Crippen molar-refractivity contribution in [2.75, 3.05) is 0 Å². The molecule has 2 rings (SSSR count). The van der Waals surface area contributed by atoms with E-state index in [4.69, 9.17) is 4.42 Å². The van der Waals surface area contributed by atoms with Gasteiger partial charge in [0.1, 0.15) is 5.76 Å². The molecule has 1 atom stereocenters. The lowest BCUT2D eigenvalue weighted by molar-refractivity contribution is 0.459. The van der Waals surface area contributed by atoms with Gasteiger partial charge in [-0.25, -0.2) is 0 Å². The second kappa shape index (κ2) is 6.06. The summed E-state index contributed by atoms with van der Waals surface area (Å²) in [5.41, 5.74) is 3.67. The topological polar surface area (TPSA) is 43.0 Å². The molecule has 19 heavy (non-hydrogen) atoms. The molecule has 104 valence electrons. The predicted octanol–water partition coefficient (Wildman–Crippen LogP) is 2.74. The molecule has 0 radical (unpaired) electrons. The second-order valence-electron chi connectivity index (χ2n) is 5.17. The quantitative estimate of drug-likeness (QED) is 0.869. The predicted molar refractivity (Wildman–Crippen MR) is 76.0 cm³/mol. The van der Waals surface area contributed by atoms with E-state index >= 15 is 0 Å². The third-order valence-corrected chi connectivity index (χ3v) is 3.69. The summed E-state index contributed by atoms with van der Waals surface area (Å²) in [4.78, 5) is 0. The van der Waals surface area contributed by atoms with E-state index in [0.29, 0.717) is 6.04 Å². The van der Waals surface area contributed by atoms with Gasteiger partial charge in [-0.3, -0.25) is 4.68 Å². The van der Waals surface area contributed by atoms with Crippen LogP contribution in [0, 0.1) is 13.8 Å². The molecule has 1 unspecified atom stereocenters. The summed E-state index contributed by atoms with van der Waals surface area (Å²) in [6.07, 6.45) is 3.79. The summed E-state index contributed by atoms with van der Waals surface area (Å²) in [5.74, 6) is 1.06. The molecule has 0 aliphatic rings. The van der Waals surface area contributed by atoms with Crippen molar-refractivity contribution in [1.29, 1.82) is 0 Å². The van der Waals surface area contributed by atoms with Gasteiger partial charge in [0.15, 0.2) is 0 Å². The van der Waals surface area contributed by atoms with Crippen molar-refractivity contribution in [3.8, 4) is 0 Å². The summed E-state index contributed by atoms with van der Waals surface area (Å²) < 4.78 is 7.29. The second-order valence-corrected chi connectivity index (χ2v) is 5.17. The number of nitrogens with zero attached hydrogens (tertiary/aromatic N) is 2. The fourth-order valence-electron chi connectivity index (χ4n) is 2.27. The minimum absolute atomic E-state index is 0.462. The van der Waals surface area contributed by atoms with E-state index in [9.17, 15) is 0 Å². The van der Waals surface area contributed by atoms with Crippen LogP contribution >= 0.6 is 0 Å². The fraction of sp³-hybridized carbons (Fsp3) is 0.533. The van der Waals surface area contributed by atoms with E-state index in [1.165, 1.54) is 11.3 Å². The number of furan rings is 1. The molecular weight excluding hydrogens is 238 g/mol. The smallest absolute Gasteiger partial charge is 0.103 e. The molecule has 0 fully saturated rings. The van der Waals surface area contributed by atoms with Crippen LogP contribution in [0.15, 0.2) is 22.8 Å². The molecule has 1 N–H and O–H groups in total. The zero-order valence-electron chi connectivity index (χ0n) is 12.2. The van der Waals surface area contributed by atoms with E-state index < -0.39 is 0 Å². The molecule has 2 aromatic heterocycles. The molecule has 0 bridgehead atoms. The largest absolute Gasteiger partial charge is 0.469 e. The molecule has 4 heteroatoms. The van der Waals surface area contributed by atoms with Crippen molar-refractivity contribution in [3.05, 3.63) is 41.1 Å². The van der Waals surface area contributed by atoms with Gasteiger partial charge in [0.2, 0.25) is 0 Å². The maximum Gasteiger partial charge on any atom is 0.103 e. The standard InChI is InChI=1S/C15H23N3O/c1-11(7-8-14-6-5-9-19-14)16-10-15-12(2)17-18(4)13(15)3/h5-6,9,11,16H,7-8,10H2,1-4H3. The van der Waals surface area contributed by atoms with Gasteiger partial charge >= 0.3 is 0 Å². The molecule has 0 aromatic carbocycles. The van der Waals surface area contributed by atoms with Crippen LogP contribution in [0.2, 0.25) is 0 Å².